The highest BCUT2D eigenvalue weighted by molar-refractivity contribution is 6.07. The van der Waals surface area contributed by atoms with E-state index in [2.05, 4.69) is 4.98 Å². The third-order valence-electron chi connectivity index (χ3n) is 3.88. The number of amides is 2. The molecule has 2 heterocycles. The Morgan fingerprint density at radius 2 is 1.85 bits per heavy atom. The van der Waals surface area contributed by atoms with Crippen LogP contribution in [0.15, 0.2) is 39.5 Å². The van der Waals surface area contributed by atoms with Gasteiger partial charge in [0.15, 0.2) is 16.8 Å². The van der Waals surface area contributed by atoms with Gasteiger partial charge in [0.1, 0.15) is 22.5 Å². The zero-order chi connectivity index (χ0) is 18.4. The Morgan fingerprint density at radius 3 is 2.58 bits per heavy atom. The van der Waals surface area contributed by atoms with Crippen molar-refractivity contribution in [3.05, 3.63) is 46.1 Å². The summed E-state index contributed by atoms with van der Waals surface area (Å²) in [5.41, 5.74) is -0.250. The van der Waals surface area contributed by atoms with E-state index >= 15 is 0 Å². The summed E-state index contributed by atoms with van der Waals surface area (Å²) in [6.45, 7) is 0. The molecule has 0 spiro atoms. The van der Waals surface area contributed by atoms with Crippen molar-refractivity contribution in [2.75, 3.05) is 0 Å². The highest BCUT2D eigenvalue weighted by Crippen LogP contribution is 2.31. The number of nitrogens with zero attached hydrogens (tertiary/aromatic N) is 2. The predicted octanol–water partition coefficient (Wildman–Crippen LogP) is 1.22. The lowest BCUT2D eigenvalue weighted by Gasteiger charge is -2.14. The minimum absolute atomic E-state index is 0.0590. The van der Waals surface area contributed by atoms with E-state index in [9.17, 15) is 24.3 Å². The van der Waals surface area contributed by atoms with Gasteiger partial charge in [0.25, 0.3) is 11.8 Å². The summed E-state index contributed by atoms with van der Waals surface area (Å²) >= 11 is 0. The van der Waals surface area contributed by atoms with E-state index in [-0.39, 0.29) is 35.1 Å². The van der Waals surface area contributed by atoms with E-state index < -0.39 is 29.1 Å². The number of hydroxylamine groups is 2. The molecule has 3 aliphatic rings. The lowest BCUT2D eigenvalue weighted by molar-refractivity contribution is -0.172. The van der Waals surface area contributed by atoms with Gasteiger partial charge in [0.2, 0.25) is 0 Å². The Hall–Kier alpha value is -3.75. The summed E-state index contributed by atoms with van der Waals surface area (Å²) in [7, 11) is 0. The van der Waals surface area contributed by atoms with Crippen molar-refractivity contribution < 1.29 is 28.7 Å². The van der Waals surface area contributed by atoms with Gasteiger partial charge in [-0.25, -0.2) is 9.78 Å². The number of phenolic OH excluding ortho intramolecular Hbond substituents is 1. The van der Waals surface area contributed by atoms with Gasteiger partial charge in [-0.05, 0) is 24.3 Å². The Morgan fingerprint density at radius 1 is 1.12 bits per heavy atom. The first-order valence-electron chi connectivity index (χ1n) is 7.59. The first-order valence-corrected chi connectivity index (χ1v) is 7.59. The number of fused-ring (bicyclic) bond motifs is 2. The Bertz CT molecular complexity index is 1100. The van der Waals surface area contributed by atoms with E-state index in [0.717, 1.165) is 0 Å². The van der Waals surface area contributed by atoms with Gasteiger partial charge in [-0.2, -0.15) is 0 Å². The molecule has 1 aromatic rings. The van der Waals surface area contributed by atoms with Crippen LogP contribution in [0.5, 0.6) is 5.75 Å². The summed E-state index contributed by atoms with van der Waals surface area (Å²) in [4.78, 5) is 56.3. The van der Waals surface area contributed by atoms with Crippen molar-refractivity contribution in [3.8, 4) is 17.2 Å². The molecule has 1 aromatic carbocycles. The third kappa shape index (κ3) is 2.46. The number of aromatic nitrogens is 1. The Kier molecular flexibility index (Phi) is 3.43. The third-order valence-corrected chi connectivity index (χ3v) is 3.88. The standard InChI is InChI=1S/C17H10N2O7/c20-8-1-2-9-12(7-8)25-16-10(18-9)3-4-11(21)15(16)17(24)26-19-13(22)5-6-14(19)23/h1-4,7,21H,5-6H2. The van der Waals surface area contributed by atoms with Crippen molar-refractivity contribution in [3.63, 3.8) is 0 Å². The highest BCUT2D eigenvalue weighted by Gasteiger charge is 2.34. The van der Waals surface area contributed by atoms with Gasteiger partial charge < -0.3 is 14.4 Å². The molecule has 1 aliphatic carbocycles. The fourth-order valence-electron chi connectivity index (χ4n) is 2.64. The molecule has 0 bridgehead atoms. The van der Waals surface area contributed by atoms with Crippen molar-refractivity contribution in [1.29, 1.82) is 0 Å². The van der Waals surface area contributed by atoms with Gasteiger partial charge in [0, 0.05) is 18.9 Å². The fraction of sp³-hybridized carbons (Fsp3) is 0.118. The van der Waals surface area contributed by atoms with Crippen LogP contribution < -0.4 is 5.43 Å². The van der Waals surface area contributed by atoms with E-state index in [1.807, 2.05) is 0 Å². The van der Waals surface area contributed by atoms with Crippen molar-refractivity contribution in [2.45, 2.75) is 12.8 Å². The molecule has 0 radical (unpaired) electrons. The molecule has 0 aromatic heterocycles. The zero-order valence-electron chi connectivity index (χ0n) is 13.1. The van der Waals surface area contributed by atoms with Crippen molar-refractivity contribution >= 4 is 28.9 Å². The summed E-state index contributed by atoms with van der Waals surface area (Å²) in [5.74, 6) is -2.83. The second-order valence-corrected chi connectivity index (χ2v) is 5.61. The SMILES string of the molecule is O=C(ON1C(=O)CCC1=O)c1c(O)ccc2nc3ccc(=O)cc-3oc12. The van der Waals surface area contributed by atoms with Gasteiger partial charge in [-0.1, -0.05) is 0 Å². The molecule has 26 heavy (non-hydrogen) atoms. The van der Waals surface area contributed by atoms with E-state index in [1.54, 1.807) is 0 Å². The number of hydrogen-bond acceptors (Lipinski definition) is 8. The van der Waals surface area contributed by atoms with Gasteiger partial charge in [-0.3, -0.25) is 14.4 Å². The lowest BCUT2D eigenvalue weighted by Crippen LogP contribution is -2.32. The largest absolute Gasteiger partial charge is 0.507 e. The molecule has 1 saturated heterocycles. The van der Waals surface area contributed by atoms with Crippen LogP contribution in [0.4, 0.5) is 0 Å². The number of carbonyl (C=O) groups is 3. The molecular weight excluding hydrogens is 344 g/mol. The smallest absolute Gasteiger partial charge is 0.371 e. The van der Waals surface area contributed by atoms with Crippen LogP contribution in [-0.2, 0) is 14.4 Å². The molecule has 1 fully saturated rings. The second kappa shape index (κ2) is 5.66. The average molecular weight is 354 g/mol. The normalized spacial score (nSPS) is 14.4. The quantitative estimate of drug-likeness (QED) is 0.537. The number of carbonyl (C=O) groups excluding carboxylic acids is 3. The van der Waals surface area contributed by atoms with Crippen LogP contribution >= 0.6 is 0 Å². The summed E-state index contributed by atoms with van der Waals surface area (Å²) in [6.07, 6.45) is -0.118. The van der Waals surface area contributed by atoms with Crippen LogP contribution in [0, 0.1) is 0 Å². The number of phenols is 1. The molecule has 0 saturated carbocycles. The number of hydrogen-bond donors (Lipinski definition) is 1. The Labute approximate surface area is 144 Å². The monoisotopic (exact) mass is 354 g/mol. The minimum atomic E-state index is -1.15. The first-order chi connectivity index (χ1) is 12.4. The number of rotatable bonds is 2. The number of imide groups is 1. The molecule has 9 heteroatoms. The highest BCUT2D eigenvalue weighted by atomic mass is 16.7. The maximum Gasteiger partial charge on any atom is 0.371 e. The van der Waals surface area contributed by atoms with Crippen LogP contribution in [0.25, 0.3) is 22.6 Å². The molecule has 0 atom stereocenters. The zero-order valence-corrected chi connectivity index (χ0v) is 13.1. The molecule has 2 amide bonds. The van der Waals surface area contributed by atoms with Gasteiger partial charge in [0.05, 0.1) is 0 Å². The topological polar surface area (TPSA) is 127 Å². The maximum atomic E-state index is 12.5. The van der Waals surface area contributed by atoms with Crippen LogP contribution in [-0.4, -0.2) is 32.9 Å². The lowest BCUT2D eigenvalue weighted by atomic mass is 10.1. The van der Waals surface area contributed by atoms with Crippen molar-refractivity contribution in [1.82, 2.24) is 10.0 Å². The minimum Gasteiger partial charge on any atom is -0.507 e. The second-order valence-electron chi connectivity index (χ2n) is 5.61. The van der Waals surface area contributed by atoms with E-state index in [4.69, 9.17) is 9.25 Å². The summed E-state index contributed by atoms with van der Waals surface area (Å²) in [6, 6.07) is 6.60. The molecule has 4 rings (SSSR count). The van der Waals surface area contributed by atoms with Crippen LogP contribution in [0.2, 0.25) is 0 Å². The predicted molar refractivity (Wildman–Crippen MR) is 85.1 cm³/mol. The Balaban J connectivity index is 1.85. The number of benzene rings is 2. The van der Waals surface area contributed by atoms with E-state index in [0.29, 0.717) is 10.8 Å². The molecule has 9 nitrogen and oxygen atoms in total. The molecule has 1 N–H and O–H groups in total. The van der Waals surface area contributed by atoms with Gasteiger partial charge in [-0.15, -0.1) is 5.06 Å². The molecular formula is C17H10N2O7. The molecule has 2 aliphatic heterocycles. The summed E-state index contributed by atoms with van der Waals surface area (Å²) < 4.78 is 5.57. The average Bonchev–Trinajstić information content (AvgIpc) is 2.92. The van der Waals surface area contributed by atoms with Crippen LogP contribution in [0.3, 0.4) is 0 Å². The fourth-order valence-corrected chi connectivity index (χ4v) is 2.64. The molecule has 130 valence electrons. The first kappa shape index (κ1) is 15.8. The summed E-state index contributed by atoms with van der Waals surface area (Å²) in [5, 5.41) is 10.4. The molecule has 0 unspecified atom stereocenters. The van der Waals surface area contributed by atoms with Crippen LogP contribution in [0.1, 0.15) is 23.2 Å². The van der Waals surface area contributed by atoms with Gasteiger partial charge >= 0.3 is 5.97 Å². The number of aromatic hydroxyl groups is 1. The maximum absolute atomic E-state index is 12.5. The van der Waals surface area contributed by atoms with Crippen molar-refractivity contribution in [2.24, 2.45) is 0 Å². The van der Waals surface area contributed by atoms with E-state index in [1.165, 1.54) is 30.3 Å².